The van der Waals surface area contributed by atoms with Crippen molar-refractivity contribution in [2.24, 2.45) is 11.8 Å². The number of imide groups is 1. The van der Waals surface area contributed by atoms with Crippen molar-refractivity contribution < 1.29 is 23.9 Å². The highest BCUT2D eigenvalue weighted by Gasteiger charge is 2.71. The van der Waals surface area contributed by atoms with Gasteiger partial charge in [0.25, 0.3) is 0 Å². The maximum Gasteiger partial charge on any atom is 0.250 e. The van der Waals surface area contributed by atoms with Crippen LogP contribution < -0.4 is 10.6 Å². The van der Waals surface area contributed by atoms with E-state index in [2.05, 4.69) is 10.6 Å². The minimum absolute atomic E-state index is 0.179. The molecule has 1 aromatic rings. The number of aliphatic hydroxyl groups is 1. The van der Waals surface area contributed by atoms with Crippen LogP contribution in [0.1, 0.15) is 51.0 Å². The highest BCUT2D eigenvalue weighted by molar-refractivity contribution is 6.15. The van der Waals surface area contributed by atoms with Crippen LogP contribution in [0, 0.1) is 17.7 Å². The van der Waals surface area contributed by atoms with Gasteiger partial charge in [0, 0.05) is 23.3 Å². The van der Waals surface area contributed by atoms with Crippen LogP contribution in [0.4, 0.5) is 10.1 Å². The molecule has 1 aromatic carbocycles. The molecule has 3 fully saturated rings. The van der Waals surface area contributed by atoms with Crippen molar-refractivity contribution in [1.82, 2.24) is 10.2 Å². The minimum Gasteiger partial charge on any atom is -0.392 e. The molecule has 5 atom stereocenters. The average Bonchev–Trinajstić information content (AvgIpc) is 3.18. The molecular weight excluding hydrogens is 389 g/mol. The number of likely N-dealkylation sites (tertiary alicyclic amines) is 1. The maximum atomic E-state index is 14.1. The molecule has 3 aliphatic heterocycles. The summed E-state index contributed by atoms with van der Waals surface area (Å²) in [7, 11) is 0. The molecule has 4 aliphatic rings. The Morgan fingerprint density at radius 3 is 2.50 bits per heavy atom. The van der Waals surface area contributed by atoms with Crippen molar-refractivity contribution >= 4 is 23.4 Å². The van der Waals surface area contributed by atoms with E-state index >= 15 is 0 Å². The third-order valence-corrected chi connectivity index (χ3v) is 7.36. The highest BCUT2D eigenvalue weighted by atomic mass is 19.1. The fourth-order valence-electron chi connectivity index (χ4n) is 6.02. The molecule has 0 aromatic heterocycles. The van der Waals surface area contributed by atoms with Crippen LogP contribution >= 0.6 is 0 Å². The number of fused-ring (bicyclic) bond motifs is 4. The first-order chi connectivity index (χ1) is 14.4. The van der Waals surface area contributed by atoms with Gasteiger partial charge in [-0.05, 0) is 38.0 Å². The number of hydrogen-bond donors (Lipinski definition) is 3. The van der Waals surface area contributed by atoms with Crippen LogP contribution in [0.25, 0.3) is 0 Å². The summed E-state index contributed by atoms with van der Waals surface area (Å²) in [6.45, 7) is 1.54. The number of nitrogens with one attached hydrogen (secondary N) is 2. The Kier molecular flexibility index (Phi) is 4.48. The Labute approximate surface area is 174 Å². The zero-order valence-electron chi connectivity index (χ0n) is 16.9. The van der Waals surface area contributed by atoms with E-state index in [9.17, 15) is 23.9 Å². The largest absolute Gasteiger partial charge is 0.392 e. The second-order valence-corrected chi connectivity index (χ2v) is 9.06. The number of amides is 3. The molecule has 30 heavy (non-hydrogen) atoms. The van der Waals surface area contributed by atoms with E-state index in [1.54, 1.807) is 6.92 Å². The third kappa shape index (κ3) is 2.53. The molecule has 1 spiro atoms. The molecule has 5 rings (SSSR count). The van der Waals surface area contributed by atoms with Crippen LogP contribution in [0.2, 0.25) is 0 Å². The Morgan fingerprint density at radius 1 is 1.13 bits per heavy atom. The van der Waals surface area contributed by atoms with Crippen LogP contribution in [-0.4, -0.2) is 45.9 Å². The molecule has 7 nitrogen and oxygen atoms in total. The van der Waals surface area contributed by atoms with Crippen molar-refractivity contribution in [3.63, 3.8) is 0 Å². The third-order valence-electron chi connectivity index (χ3n) is 7.36. The SMILES string of the molecule is C[C@H](O)[C@H]1N[C@@]2(C(=O)Nc3ccc(F)cc32)[C@@H]2C(=O)N(C3CCCCCC3)C(=O)[C@H]12. The van der Waals surface area contributed by atoms with E-state index in [4.69, 9.17) is 0 Å². The van der Waals surface area contributed by atoms with Gasteiger partial charge in [0.05, 0.1) is 17.9 Å². The van der Waals surface area contributed by atoms with E-state index < -0.39 is 41.2 Å². The second-order valence-electron chi connectivity index (χ2n) is 9.06. The Balaban J connectivity index is 1.63. The summed E-state index contributed by atoms with van der Waals surface area (Å²) in [5, 5.41) is 16.3. The van der Waals surface area contributed by atoms with Gasteiger partial charge in [-0.3, -0.25) is 24.6 Å². The molecule has 3 N–H and O–H groups in total. The Hall–Kier alpha value is -2.32. The first-order valence-corrected chi connectivity index (χ1v) is 10.8. The number of benzene rings is 1. The summed E-state index contributed by atoms with van der Waals surface area (Å²) in [6, 6.07) is 3.00. The fourth-order valence-corrected chi connectivity index (χ4v) is 6.02. The predicted octanol–water partition coefficient (Wildman–Crippen LogP) is 1.65. The number of aliphatic hydroxyl groups excluding tert-OH is 1. The van der Waals surface area contributed by atoms with E-state index in [1.807, 2.05) is 0 Å². The summed E-state index contributed by atoms with van der Waals surface area (Å²) in [5.41, 5.74) is -0.808. The molecule has 160 valence electrons. The quantitative estimate of drug-likeness (QED) is 0.504. The number of hydrogen-bond acceptors (Lipinski definition) is 5. The molecule has 1 aliphatic carbocycles. The lowest BCUT2D eigenvalue weighted by atomic mass is 9.76. The van der Waals surface area contributed by atoms with Gasteiger partial charge in [0.1, 0.15) is 11.4 Å². The monoisotopic (exact) mass is 415 g/mol. The first kappa shape index (κ1) is 19.6. The summed E-state index contributed by atoms with van der Waals surface area (Å²) < 4.78 is 14.1. The number of carbonyl (C=O) groups is 3. The zero-order valence-corrected chi connectivity index (χ0v) is 16.9. The number of halogens is 1. The molecule has 2 saturated heterocycles. The van der Waals surface area contributed by atoms with Crippen LogP contribution in [0.15, 0.2) is 18.2 Å². The van der Waals surface area contributed by atoms with Crippen molar-refractivity contribution in [2.45, 2.75) is 69.2 Å². The van der Waals surface area contributed by atoms with Gasteiger partial charge in [-0.2, -0.15) is 0 Å². The molecule has 3 amide bonds. The predicted molar refractivity (Wildman–Crippen MR) is 106 cm³/mol. The summed E-state index contributed by atoms with van der Waals surface area (Å²) in [4.78, 5) is 41.8. The van der Waals surface area contributed by atoms with E-state index in [-0.39, 0.29) is 17.9 Å². The Bertz CT molecular complexity index is 927. The molecule has 0 radical (unpaired) electrons. The molecule has 0 bridgehead atoms. The highest BCUT2D eigenvalue weighted by Crippen LogP contribution is 2.54. The molecule has 3 heterocycles. The molecule has 8 heteroatoms. The van der Waals surface area contributed by atoms with Crippen molar-refractivity contribution in [2.75, 3.05) is 5.32 Å². The topological polar surface area (TPSA) is 98.7 Å². The summed E-state index contributed by atoms with van der Waals surface area (Å²) in [5.74, 6) is -3.59. The lowest BCUT2D eigenvalue weighted by Crippen LogP contribution is -2.55. The van der Waals surface area contributed by atoms with E-state index in [0.717, 1.165) is 38.5 Å². The minimum atomic E-state index is -1.56. The van der Waals surface area contributed by atoms with Gasteiger partial charge >= 0.3 is 0 Å². The van der Waals surface area contributed by atoms with Gasteiger partial charge in [-0.25, -0.2) is 4.39 Å². The average molecular weight is 415 g/mol. The van der Waals surface area contributed by atoms with Gasteiger partial charge in [0.15, 0.2) is 0 Å². The molecule has 1 saturated carbocycles. The maximum absolute atomic E-state index is 14.1. The smallest absolute Gasteiger partial charge is 0.250 e. The van der Waals surface area contributed by atoms with Gasteiger partial charge in [-0.1, -0.05) is 25.7 Å². The molecular formula is C22H26FN3O4. The standard InChI is InChI=1S/C22H26FN3O4/c1-11(27)18-16-17(20(29)26(19(16)28)13-6-4-2-3-5-7-13)22(25-18)14-10-12(23)8-9-15(14)24-21(22)30/h8-11,13,16-18,25,27H,2-7H2,1H3,(H,24,30)/t11-,16-,17-,18+,22+/m0/s1. The zero-order chi connectivity index (χ0) is 21.2. The summed E-state index contributed by atoms with van der Waals surface area (Å²) >= 11 is 0. The van der Waals surface area contributed by atoms with Crippen molar-refractivity contribution in [1.29, 1.82) is 0 Å². The van der Waals surface area contributed by atoms with Crippen LogP contribution in [0.5, 0.6) is 0 Å². The van der Waals surface area contributed by atoms with E-state index in [0.29, 0.717) is 11.3 Å². The van der Waals surface area contributed by atoms with E-state index in [1.165, 1.54) is 23.1 Å². The van der Waals surface area contributed by atoms with Crippen LogP contribution in [-0.2, 0) is 19.9 Å². The number of rotatable bonds is 2. The van der Waals surface area contributed by atoms with Gasteiger partial charge in [-0.15, -0.1) is 0 Å². The Morgan fingerprint density at radius 2 is 1.83 bits per heavy atom. The fraction of sp³-hybridized carbons (Fsp3) is 0.591. The lowest BCUT2D eigenvalue weighted by molar-refractivity contribution is -0.146. The van der Waals surface area contributed by atoms with Gasteiger partial charge in [0.2, 0.25) is 17.7 Å². The van der Waals surface area contributed by atoms with Gasteiger partial charge < -0.3 is 10.4 Å². The molecule has 0 unspecified atom stereocenters. The lowest BCUT2D eigenvalue weighted by Gasteiger charge is -2.32. The summed E-state index contributed by atoms with van der Waals surface area (Å²) in [6.07, 6.45) is 4.62. The van der Waals surface area contributed by atoms with Crippen LogP contribution in [0.3, 0.4) is 0 Å². The number of carbonyl (C=O) groups excluding carboxylic acids is 3. The second kappa shape index (κ2) is 6.85. The van der Waals surface area contributed by atoms with Crippen molar-refractivity contribution in [3.8, 4) is 0 Å². The first-order valence-electron chi connectivity index (χ1n) is 10.8. The normalized spacial score (nSPS) is 34.8. The number of anilines is 1. The number of nitrogens with zero attached hydrogens (tertiary/aromatic N) is 1. The van der Waals surface area contributed by atoms with Crippen molar-refractivity contribution in [3.05, 3.63) is 29.6 Å².